The number of amides is 1. The number of carbonyl (C=O) groups is 1. The lowest BCUT2D eigenvalue weighted by Gasteiger charge is -2.06. The second-order valence-electron chi connectivity index (χ2n) is 2.74. The van der Waals surface area contributed by atoms with E-state index in [1.165, 1.54) is 6.07 Å². The highest BCUT2D eigenvalue weighted by molar-refractivity contribution is 9.11. The van der Waals surface area contributed by atoms with E-state index in [4.69, 9.17) is 0 Å². The zero-order valence-corrected chi connectivity index (χ0v) is 11.6. The van der Waals surface area contributed by atoms with Gasteiger partial charge in [0, 0.05) is 15.9 Å². The van der Waals surface area contributed by atoms with Crippen molar-refractivity contribution in [2.75, 3.05) is 0 Å². The van der Waals surface area contributed by atoms with E-state index in [0.29, 0.717) is 8.95 Å². The number of hydrogen-bond acceptors (Lipinski definition) is 3. The molecular weight excluding hydrogens is 350 g/mol. The summed E-state index contributed by atoms with van der Waals surface area (Å²) < 4.78 is 26.2. The van der Waals surface area contributed by atoms with Crippen LogP contribution >= 0.6 is 31.9 Å². The molecule has 1 N–H and O–H groups in total. The molecule has 0 spiro atoms. The summed E-state index contributed by atoms with van der Waals surface area (Å²) in [5, 5.41) is 0. The number of sulfonamides is 1. The van der Waals surface area contributed by atoms with Crippen molar-refractivity contribution in [1.29, 1.82) is 0 Å². The molecule has 0 aromatic heterocycles. The second-order valence-corrected chi connectivity index (χ2v) is 6.16. The van der Waals surface area contributed by atoms with E-state index in [2.05, 4.69) is 31.9 Å². The fourth-order valence-corrected chi connectivity index (χ4v) is 3.42. The molecule has 0 bridgehead atoms. The number of nitrogens with one attached hydrogen (secondary N) is 1. The molecule has 0 atom stereocenters. The van der Waals surface area contributed by atoms with E-state index in [1.807, 2.05) is 4.72 Å². The minimum atomic E-state index is -3.79. The lowest BCUT2D eigenvalue weighted by atomic mass is 10.4. The van der Waals surface area contributed by atoms with E-state index in [9.17, 15) is 13.2 Å². The van der Waals surface area contributed by atoms with Gasteiger partial charge in [-0.25, -0.2) is 13.1 Å². The molecule has 0 fully saturated rings. The van der Waals surface area contributed by atoms with E-state index < -0.39 is 15.9 Å². The third-order valence-corrected chi connectivity index (χ3v) is 4.38. The molecule has 0 saturated heterocycles. The lowest BCUT2D eigenvalue weighted by Crippen LogP contribution is -2.28. The van der Waals surface area contributed by atoms with E-state index in [0.717, 1.165) is 6.92 Å². The Kier molecular flexibility index (Phi) is 3.91. The summed E-state index contributed by atoms with van der Waals surface area (Å²) in [6.45, 7) is 1.14. The van der Waals surface area contributed by atoms with E-state index in [1.54, 1.807) is 12.1 Å². The van der Waals surface area contributed by atoms with Gasteiger partial charge in [0.1, 0.15) is 4.90 Å². The summed E-state index contributed by atoms with van der Waals surface area (Å²) in [6.07, 6.45) is 0. The summed E-state index contributed by atoms with van der Waals surface area (Å²) in [5.41, 5.74) is 0. The summed E-state index contributed by atoms with van der Waals surface area (Å²) in [7, 11) is -3.79. The third-order valence-electron chi connectivity index (χ3n) is 1.46. The molecule has 0 unspecified atom stereocenters. The summed E-state index contributed by atoms with van der Waals surface area (Å²) in [4.78, 5) is 10.7. The smallest absolute Gasteiger partial charge is 0.265 e. The Bertz CT molecular complexity index is 499. The van der Waals surface area contributed by atoms with Gasteiger partial charge in [-0.2, -0.15) is 0 Å². The van der Waals surface area contributed by atoms with Crippen LogP contribution < -0.4 is 4.72 Å². The maximum atomic E-state index is 11.6. The maximum absolute atomic E-state index is 11.6. The molecular formula is C8H7Br2NO3S. The number of halogens is 2. The first kappa shape index (κ1) is 12.7. The van der Waals surface area contributed by atoms with Crippen molar-refractivity contribution < 1.29 is 13.2 Å². The van der Waals surface area contributed by atoms with Crippen LogP contribution in [0.15, 0.2) is 32.0 Å². The summed E-state index contributed by atoms with van der Waals surface area (Å²) in [5.74, 6) is -0.623. The monoisotopic (exact) mass is 355 g/mol. The van der Waals surface area contributed by atoms with Gasteiger partial charge < -0.3 is 0 Å². The highest BCUT2D eigenvalue weighted by Gasteiger charge is 2.18. The van der Waals surface area contributed by atoms with Crippen molar-refractivity contribution >= 4 is 47.8 Å². The minimum absolute atomic E-state index is 0.0204. The molecule has 1 rings (SSSR count). The van der Waals surface area contributed by atoms with Crippen molar-refractivity contribution in [3.8, 4) is 0 Å². The number of rotatable bonds is 2. The Morgan fingerprint density at radius 3 is 2.47 bits per heavy atom. The van der Waals surface area contributed by atoms with Gasteiger partial charge >= 0.3 is 0 Å². The highest BCUT2D eigenvalue weighted by atomic mass is 79.9. The van der Waals surface area contributed by atoms with Crippen LogP contribution in [0.5, 0.6) is 0 Å². The topological polar surface area (TPSA) is 63.2 Å². The SMILES string of the molecule is CC(=O)NS(=O)(=O)c1cc(Br)ccc1Br. The first-order chi connectivity index (χ1) is 6.83. The quantitative estimate of drug-likeness (QED) is 0.881. The molecule has 1 amide bonds. The van der Waals surface area contributed by atoms with Gasteiger partial charge in [0.05, 0.1) is 0 Å². The number of hydrogen-bond donors (Lipinski definition) is 1. The Balaban J connectivity index is 3.26. The first-order valence-electron chi connectivity index (χ1n) is 3.81. The van der Waals surface area contributed by atoms with Crippen LogP contribution in [0.25, 0.3) is 0 Å². The molecule has 15 heavy (non-hydrogen) atoms. The minimum Gasteiger partial charge on any atom is -0.274 e. The number of benzene rings is 1. The summed E-state index contributed by atoms with van der Waals surface area (Å²) in [6, 6.07) is 4.69. The average molecular weight is 357 g/mol. The van der Waals surface area contributed by atoms with Gasteiger partial charge in [-0.15, -0.1) is 0 Å². The van der Waals surface area contributed by atoms with Crippen LogP contribution in [0.2, 0.25) is 0 Å². The van der Waals surface area contributed by atoms with E-state index in [-0.39, 0.29) is 4.90 Å². The van der Waals surface area contributed by atoms with Gasteiger partial charge in [-0.05, 0) is 34.1 Å². The molecule has 7 heteroatoms. The molecule has 4 nitrogen and oxygen atoms in total. The van der Waals surface area contributed by atoms with Crippen LogP contribution in [-0.2, 0) is 14.8 Å². The fraction of sp³-hybridized carbons (Fsp3) is 0.125. The summed E-state index contributed by atoms with van der Waals surface area (Å²) >= 11 is 6.26. The zero-order valence-electron chi connectivity index (χ0n) is 7.62. The predicted molar refractivity (Wildman–Crippen MR) is 62.8 cm³/mol. The van der Waals surface area contributed by atoms with Crippen LogP contribution in [0.1, 0.15) is 6.92 Å². The van der Waals surface area contributed by atoms with Gasteiger partial charge in [-0.1, -0.05) is 15.9 Å². The maximum Gasteiger partial charge on any atom is 0.265 e. The molecule has 1 aromatic carbocycles. The van der Waals surface area contributed by atoms with Gasteiger partial charge in [0.2, 0.25) is 5.91 Å². The van der Waals surface area contributed by atoms with Gasteiger partial charge in [0.15, 0.2) is 0 Å². The number of carbonyl (C=O) groups excluding carboxylic acids is 1. The predicted octanol–water partition coefficient (Wildman–Crippen LogP) is 2.04. The van der Waals surface area contributed by atoms with E-state index >= 15 is 0 Å². The average Bonchev–Trinajstić information content (AvgIpc) is 2.06. The van der Waals surface area contributed by atoms with Crippen molar-refractivity contribution in [3.63, 3.8) is 0 Å². The molecule has 0 aliphatic heterocycles. The Morgan fingerprint density at radius 1 is 1.33 bits per heavy atom. The molecule has 0 saturated carbocycles. The molecule has 0 radical (unpaired) electrons. The molecule has 0 aliphatic carbocycles. The molecule has 1 aromatic rings. The van der Waals surface area contributed by atoms with Crippen LogP contribution in [-0.4, -0.2) is 14.3 Å². The van der Waals surface area contributed by atoms with Crippen LogP contribution in [0, 0.1) is 0 Å². The highest BCUT2D eigenvalue weighted by Crippen LogP contribution is 2.25. The van der Waals surface area contributed by atoms with Crippen molar-refractivity contribution in [2.24, 2.45) is 0 Å². The fourth-order valence-electron chi connectivity index (χ4n) is 0.927. The normalized spacial score (nSPS) is 11.1. The zero-order chi connectivity index (χ0) is 11.6. The van der Waals surface area contributed by atoms with Crippen molar-refractivity contribution in [2.45, 2.75) is 11.8 Å². The van der Waals surface area contributed by atoms with Crippen molar-refractivity contribution in [1.82, 2.24) is 4.72 Å². The Morgan fingerprint density at radius 2 is 1.93 bits per heavy atom. The first-order valence-corrected chi connectivity index (χ1v) is 6.88. The van der Waals surface area contributed by atoms with Gasteiger partial charge in [-0.3, -0.25) is 4.79 Å². The molecule has 0 aliphatic rings. The molecule has 82 valence electrons. The standard InChI is InChI=1S/C8H7Br2NO3S/c1-5(12)11-15(13,14)8-4-6(9)2-3-7(8)10/h2-4H,1H3,(H,11,12). The molecule has 0 heterocycles. The van der Waals surface area contributed by atoms with Crippen LogP contribution in [0.3, 0.4) is 0 Å². The second kappa shape index (κ2) is 4.63. The Hall–Kier alpha value is -0.400. The third kappa shape index (κ3) is 3.29. The van der Waals surface area contributed by atoms with Gasteiger partial charge in [0.25, 0.3) is 10.0 Å². The lowest BCUT2D eigenvalue weighted by molar-refractivity contribution is -0.117. The van der Waals surface area contributed by atoms with Crippen molar-refractivity contribution in [3.05, 3.63) is 27.1 Å². The Labute approximate surface area is 104 Å². The largest absolute Gasteiger partial charge is 0.274 e. The van der Waals surface area contributed by atoms with Crippen LogP contribution in [0.4, 0.5) is 0 Å².